The van der Waals surface area contributed by atoms with Gasteiger partial charge in [0.2, 0.25) is 0 Å². The summed E-state index contributed by atoms with van der Waals surface area (Å²) in [5.74, 6) is -0.833. The van der Waals surface area contributed by atoms with Gasteiger partial charge >= 0.3 is 0 Å². The number of likely N-dealkylation sites (N-methyl/N-ethyl adjacent to an activating group) is 1. The van der Waals surface area contributed by atoms with Crippen LogP contribution in [-0.4, -0.2) is 29.3 Å². The topological polar surface area (TPSA) is 69.6 Å². The highest BCUT2D eigenvalue weighted by atomic mass is 16.4. The first-order valence-corrected chi connectivity index (χ1v) is 5.08. The number of aliphatic hydroxyl groups excluding tert-OH is 1. The lowest BCUT2D eigenvalue weighted by Gasteiger charge is -2.17. The van der Waals surface area contributed by atoms with E-state index >= 15 is 0 Å². The molecule has 0 aliphatic heterocycles. The maximum atomic E-state index is 9.73. The van der Waals surface area contributed by atoms with E-state index in [2.05, 4.69) is 5.32 Å². The molecule has 0 aromatic heterocycles. The third-order valence-electron chi connectivity index (χ3n) is 2.07. The van der Waals surface area contributed by atoms with E-state index in [4.69, 9.17) is 9.90 Å². The molecular formula is C12H19NO3. The Morgan fingerprint density at radius 1 is 1.31 bits per heavy atom. The van der Waals surface area contributed by atoms with E-state index in [0.717, 1.165) is 12.5 Å². The molecule has 4 heteroatoms. The van der Waals surface area contributed by atoms with Crippen molar-refractivity contribution in [3.05, 3.63) is 35.9 Å². The molecule has 0 saturated heterocycles. The molecule has 1 aromatic carbocycles. The second kappa shape index (κ2) is 7.84. The minimum absolute atomic E-state index is 0.0902. The largest absolute Gasteiger partial charge is 0.481 e. The third-order valence-corrected chi connectivity index (χ3v) is 2.07. The number of aliphatic carboxylic acids is 1. The number of nitrogens with one attached hydrogen (secondary N) is 1. The van der Waals surface area contributed by atoms with E-state index in [1.165, 1.54) is 0 Å². The minimum Gasteiger partial charge on any atom is -0.481 e. The average molecular weight is 225 g/mol. The van der Waals surface area contributed by atoms with Crippen molar-refractivity contribution in [2.24, 2.45) is 0 Å². The highest BCUT2D eigenvalue weighted by molar-refractivity contribution is 5.62. The summed E-state index contributed by atoms with van der Waals surface area (Å²) < 4.78 is 0. The fourth-order valence-electron chi connectivity index (χ4n) is 1.10. The van der Waals surface area contributed by atoms with Crippen LogP contribution in [0.3, 0.4) is 0 Å². The van der Waals surface area contributed by atoms with Gasteiger partial charge in [-0.2, -0.15) is 0 Å². The van der Waals surface area contributed by atoms with Crippen molar-refractivity contribution in [1.29, 1.82) is 0 Å². The highest BCUT2D eigenvalue weighted by Gasteiger charge is 2.12. The second-order valence-corrected chi connectivity index (χ2v) is 3.45. The van der Waals surface area contributed by atoms with Crippen molar-refractivity contribution in [3.63, 3.8) is 0 Å². The molecule has 0 radical (unpaired) electrons. The van der Waals surface area contributed by atoms with Crippen LogP contribution >= 0.6 is 0 Å². The maximum Gasteiger partial charge on any atom is 0.300 e. The zero-order chi connectivity index (χ0) is 12.6. The lowest BCUT2D eigenvalue weighted by atomic mass is 10.0. The molecule has 0 saturated carbocycles. The average Bonchev–Trinajstić information content (AvgIpc) is 2.27. The molecule has 0 bridgehead atoms. The van der Waals surface area contributed by atoms with Gasteiger partial charge in [-0.3, -0.25) is 4.79 Å². The van der Waals surface area contributed by atoms with Gasteiger partial charge in [0.25, 0.3) is 5.97 Å². The van der Waals surface area contributed by atoms with Crippen LogP contribution in [0.15, 0.2) is 30.3 Å². The van der Waals surface area contributed by atoms with Gasteiger partial charge in [-0.15, -0.1) is 0 Å². The zero-order valence-corrected chi connectivity index (χ0v) is 9.84. The van der Waals surface area contributed by atoms with Gasteiger partial charge in [0.05, 0.1) is 6.10 Å². The zero-order valence-electron chi connectivity index (χ0n) is 9.84. The number of aliphatic hydroxyl groups is 1. The van der Waals surface area contributed by atoms with Crippen molar-refractivity contribution in [3.8, 4) is 0 Å². The predicted octanol–water partition coefficient (Wildman–Crippen LogP) is 1.42. The van der Waals surface area contributed by atoms with Crippen LogP contribution in [0.2, 0.25) is 0 Å². The molecule has 0 aliphatic rings. The Hall–Kier alpha value is -1.39. The molecule has 0 heterocycles. The van der Waals surface area contributed by atoms with Crippen molar-refractivity contribution in [1.82, 2.24) is 5.32 Å². The molecule has 1 aromatic rings. The Morgan fingerprint density at radius 2 is 1.75 bits per heavy atom. The van der Waals surface area contributed by atoms with Crippen LogP contribution in [0.5, 0.6) is 0 Å². The summed E-state index contributed by atoms with van der Waals surface area (Å²) in [4.78, 5) is 9.00. The third kappa shape index (κ3) is 6.16. The van der Waals surface area contributed by atoms with Crippen LogP contribution in [0.25, 0.3) is 0 Å². The van der Waals surface area contributed by atoms with Crippen LogP contribution < -0.4 is 5.32 Å². The van der Waals surface area contributed by atoms with E-state index in [0.29, 0.717) is 0 Å². The quantitative estimate of drug-likeness (QED) is 0.727. The Morgan fingerprint density at radius 3 is 2.12 bits per heavy atom. The van der Waals surface area contributed by atoms with Gasteiger partial charge < -0.3 is 15.5 Å². The fourth-order valence-corrected chi connectivity index (χ4v) is 1.10. The number of benzene rings is 1. The van der Waals surface area contributed by atoms with Crippen LogP contribution in [-0.2, 0) is 4.79 Å². The first-order chi connectivity index (χ1) is 7.49. The molecule has 0 fully saturated rings. The molecule has 1 rings (SSSR count). The summed E-state index contributed by atoms with van der Waals surface area (Å²) in [6.07, 6.45) is -0.420. The van der Waals surface area contributed by atoms with Gasteiger partial charge in [0.15, 0.2) is 0 Å². The lowest BCUT2D eigenvalue weighted by molar-refractivity contribution is -0.134. The molecule has 2 atom stereocenters. The van der Waals surface area contributed by atoms with E-state index in [1.807, 2.05) is 44.3 Å². The summed E-state index contributed by atoms with van der Waals surface area (Å²) in [6, 6.07) is 9.76. The maximum absolute atomic E-state index is 9.73. The van der Waals surface area contributed by atoms with Crippen molar-refractivity contribution < 1.29 is 15.0 Å². The Kier molecular flexibility index (Phi) is 7.16. The van der Waals surface area contributed by atoms with Crippen LogP contribution in [0.4, 0.5) is 0 Å². The van der Waals surface area contributed by atoms with Crippen molar-refractivity contribution >= 4 is 5.97 Å². The Balaban J connectivity index is 0.000000487. The number of hydrogen-bond acceptors (Lipinski definition) is 3. The fraction of sp³-hybridized carbons (Fsp3) is 0.417. The number of carboxylic acids is 1. The molecule has 0 unspecified atom stereocenters. The summed E-state index contributed by atoms with van der Waals surface area (Å²) in [7, 11) is 1.84. The first-order valence-electron chi connectivity index (χ1n) is 5.08. The van der Waals surface area contributed by atoms with E-state index in [9.17, 15) is 5.11 Å². The molecule has 0 spiro atoms. The molecule has 3 N–H and O–H groups in total. The standard InChI is InChI=1S/C10H15NO.C2H4O2/c1-8(11-2)10(12)9-6-4-3-5-7-9;1-2(3)4/h3-8,10-12H,1-2H3;1H3,(H,3,4)/t8-,10-;/m0./s1. The highest BCUT2D eigenvalue weighted by Crippen LogP contribution is 2.15. The SMILES string of the molecule is CC(=O)O.CN[C@@H](C)[C@H](O)c1ccccc1. The lowest BCUT2D eigenvalue weighted by Crippen LogP contribution is -2.28. The van der Waals surface area contributed by atoms with Gasteiger partial charge in [-0.1, -0.05) is 30.3 Å². The monoisotopic (exact) mass is 225 g/mol. The van der Waals surface area contributed by atoms with Gasteiger partial charge in [0, 0.05) is 13.0 Å². The number of hydrogen-bond donors (Lipinski definition) is 3. The minimum atomic E-state index is -0.833. The Labute approximate surface area is 95.9 Å². The van der Waals surface area contributed by atoms with Crippen molar-refractivity contribution in [2.75, 3.05) is 7.05 Å². The number of rotatable bonds is 3. The number of carboxylic acid groups (broad SMARTS) is 1. The summed E-state index contributed by atoms with van der Waals surface area (Å²) in [5.41, 5.74) is 0.958. The summed E-state index contributed by atoms with van der Waals surface area (Å²) in [5, 5.41) is 20.2. The molecular weight excluding hydrogens is 206 g/mol. The second-order valence-electron chi connectivity index (χ2n) is 3.45. The van der Waals surface area contributed by atoms with Gasteiger partial charge in [-0.25, -0.2) is 0 Å². The van der Waals surface area contributed by atoms with E-state index < -0.39 is 12.1 Å². The van der Waals surface area contributed by atoms with Crippen LogP contribution in [0.1, 0.15) is 25.5 Å². The molecule has 16 heavy (non-hydrogen) atoms. The molecule has 0 amide bonds. The Bertz CT molecular complexity index is 296. The molecule has 90 valence electrons. The smallest absolute Gasteiger partial charge is 0.300 e. The van der Waals surface area contributed by atoms with Crippen LogP contribution in [0, 0.1) is 0 Å². The summed E-state index contributed by atoms with van der Waals surface area (Å²) >= 11 is 0. The van der Waals surface area contributed by atoms with E-state index in [1.54, 1.807) is 0 Å². The molecule has 4 nitrogen and oxygen atoms in total. The normalized spacial score (nSPS) is 13.2. The van der Waals surface area contributed by atoms with E-state index in [-0.39, 0.29) is 6.04 Å². The number of carbonyl (C=O) groups is 1. The summed E-state index contributed by atoms with van der Waals surface area (Å²) in [6.45, 7) is 3.04. The molecule has 0 aliphatic carbocycles. The predicted molar refractivity (Wildman–Crippen MR) is 63.2 cm³/mol. The first kappa shape index (κ1) is 14.6. The van der Waals surface area contributed by atoms with Crippen molar-refractivity contribution in [2.45, 2.75) is 26.0 Å². The van der Waals surface area contributed by atoms with Gasteiger partial charge in [-0.05, 0) is 19.5 Å². The van der Waals surface area contributed by atoms with Gasteiger partial charge in [0.1, 0.15) is 0 Å².